The average Bonchev–Trinajstić information content (AvgIpc) is 2.56. The lowest BCUT2D eigenvalue weighted by Crippen LogP contribution is -2.27. The second kappa shape index (κ2) is 17.7. The summed E-state index contributed by atoms with van der Waals surface area (Å²) >= 11 is 0. The molecule has 0 aromatic heterocycles. The van der Waals surface area contributed by atoms with Gasteiger partial charge in [0, 0.05) is 6.42 Å². The number of unbranched alkanes of at least 4 members (excludes halogenated alkanes) is 10. The van der Waals surface area contributed by atoms with Gasteiger partial charge in [-0.2, -0.15) is 0 Å². The Labute approximate surface area is 141 Å². The van der Waals surface area contributed by atoms with Crippen LogP contribution in [-0.2, 0) is 14.3 Å². The quantitative estimate of drug-likeness (QED) is 0.242. The summed E-state index contributed by atoms with van der Waals surface area (Å²) in [6.07, 6.45) is 13.4. The number of carbonyl (C=O) groups excluding carboxylic acids is 1. The van der Waals surface area contributed by atoms with E-state index in [4.69, 9.17) is 19.7 Å². The molecule has 1 atom stereocenters. The molecule has 0 aliphatic carbocycles. The van der Waals surface area contributed by atoms with E-state index in [9.17, 15) is 4.79 Å². The van der Waals surface area contributed by atoms with Gasteiger partial charge in [-0.05, 0) is 6.42 Å². The van der Waals surface area contributed by atoms with E-state index in [1.165, 1.54) is 57.8 Å². The van der Waals surface area contributed by atoms with Crippen LogP contribution in [-0.4, -0.2) is 42.3 Å². The Morgan fingerprint density at radius 2 is 1.39 bits per heavy atom. The summed E-state index contributed by atoms with van der Waals surface area (Å²) < 4.78 is 9.79. The minimum Gasteiger partial charge on any atom is -0.457 e. The zero-order valence-corrected chi connectivity index (χ0v) is 14.8. The monoisotopic (exact) mass is 332 g/mol. The molecule has 0 heterocycles. The SMILES string of the molecule is CCCCCCCCCCCCCC(=O)O[C@@H](CO)COCO. The van der Waals surface area contributed by atoms with Crippen LogP contribution < -0.4 is 0 Å². The molecule has 0 fully saturated rings. The van der Waals surface area contributed by atoms with Crippen LogP contribution in [0.1, 0.15) is 84.0 Å². The van der Waals surface area contributed by atoms with Crippen LogP contribution in [0.25, 0.3) is 0 Å². The molecular formula is C18H36O5. The van der Waals surface area contributed by atoms with Gasteiger partial charge < -0.3 is 19.7 Å². The number of aliphatic hydroxyl groups excluding tert-OH is 2. The Hall–Kier alpha value is -0.650. The Balaban J connectivity index is 3.34. The predicted molar refractivity (Wildman–Crippen MR) is 91.1 cm³/mol. The predicted octanol–water partition coefficient (Wildman–Crippen LogP) is 3.56. The molecule has 0 saturated heterocycles. The minimum atomic E-state index is -0.678. The highest BCUT2D eigenvalue weighted by Gasteiger charge is 2.13. The summed E-state index contributed by atoms with van der Waals surface area (Å²) in [5, 5.41) is 17.5. The lowest BCUT2D eigenvalue weighted by Gasteiger charge is -2.14. The van der Waals surface area contributed by atoms with Gasteiger partial charge in [-0.1, -0.05) is 71.1 Å². The van der Waals surface area contributed by atoms with Crippen molar-refractivity contribution in [2.24, 2.45) is 0 Å². The number of rotatable bonds is 17. The van der Waals surface area contributed by atoms with Crippen molar-refractivity contribution in [2.45, 2.75) is 90.1 Å². The third-order valence-corrected chi connectivity index (χ3v) is 3.88. The van der Waals surface area contributed by atoms with Gasteiger partial charge in [-0.25, -0.2) is 0 Å². The highest BCUT2D eigenvalue weighted by Crippen LogP contribution is 2.12. The van der Waals surface area contributed by atoms with Crippen molar-refractivity contribution in [1.29, 1.82) is 0 Å². The molecule has 0 saturated carbocycles. The van der Waals surface area contributed by atoms with E-state index >= 15 is 0 Å². The molecule has 0 amide bonds. The fourth-order valence-corrected chi connectivity index (χ4v) is 2.49. The summed E-state index contributed by atoms with van der Waals surface area (Å²) in [7, 11) is 0. The summed E-state index contributed by atoms with van der Waals surface area (Å²) in [6, 6.07) is 0. The van der Waals surface area contributed by atoms with E-state index in [1.807, 2.05) is 0 Å². The molecule has 0 aliphatic heterocycles. The molecule has 0 radical (unpaired) electrons. The third kappa shape index (κ3) is 16.0. The van der Waals surface area contributed by atoms with Crippen molar-refractivity contribution < 1.29 is 24.5 Å². The van der Waals surface area contributed by atoms with Crippen LogP contribution in [0.4, 0.5) is 0 Å². The van der Waals surface area contributed by atoms with E-state index in [0.717, 1.165) is 12.8 Å². The van der Waals surface area contributed by atoms with Crippen LogP contribution >= 0.6 is 0 Å². The summed E-state index contributed by atoms with van der Waals surface area (Å²) in [5.41, 5.74) is 0. The number of ether oxygens (including phenoxy) is 2. The molecule has 0 bridgehead atoms. The number of aliphatic hydroxyl groups is 2. The summed E-state index contributed by atoms with van der Waals surface area (Å²) in [5.74, 6) is -0.304. The number of hydrogen-bond donors (Lipinski definition) is 2. The first kappa shape index (κ1) is 22.4. The van der Waals surface area contributed by atoms with Gasteiger partial charge in [-0.15, -0.1) is 0 Å². The number of esters is 1. The summed E-state index contributed by atoms with van der Waals surface area (Å²) in [6.45, 7) is 1.54. The first-order chi connectivity index (χ1) is 11.2. The van der Waals surface area contributed by atoms with E-state index in [0.29, 0.717) is 6.42 Å². The summed E-state index contributed by atoms with van der Waals surface area (Å²) in [4.78, 5) is 11.6. The maximum absolute atomic E-state index is 11.6. The standard InChI is InChI=1S/C18H36O5/c1-2-3-4-5-6-7-8-9-10-11-12-13-18(21)23-17(14-19)15-22-16-20/h17,19-20H,2-16H2,1H3/t17-/m0/s1. The van der Waals surface area contributed by atoms with Gasteiger partial charge in [-0.3, -0.25) is 4.79 Å². The lowest BCUT2D eigenvalue weighted by atomic mass is 10.1. The van der Waals surface area contributed by atoms with Gasteiger partial charge in [0.25, 0.3) is 0 Å². The molecule has 5 heteroatoms. The lowest BCUT2D eigenvalue weighted by molar-refractivity contribution is -0.157. The fourth-order valence-electron chi connectivity index (χ4n) is 2.49. The number of carbonyl (C=O) groups is 1. The molecule has 5 nitrogen and oxygen atoms in total. The van der Waals surface area contributed by atoms with Gasteiger partial charge in [0.1, 0.15) is 12.9 Å². The maximum Gasteiger partial charge on any atom is 0.306 e. The molecule has 0 aromatic carbocycles. The second-order valence-electron chi connectivity index (χ2n) is 6.08. The molecule has 0 aromatic rings. The van der Waals surface area contributed by atoms with Gasteiger partial charge in [0.15, 0.2) is 0 Å². The normalized spacial score (nSPS) is 12.3. The highest BCUT2D eigenvalue weighted by atomic mass is 16.6. The van der Waals surface area contributed by atoms with Gasteiger partial charge in [0.05, 0.1) is 13.2 Å². The van der Waals surface area contributed by atoms with Crippen LogP contribution in [0, 0.1) is 0 Å². The Bertz CT molecular complexity index is 258. The Morgan fingerprint density at radius 1 is 0.870 bits per heavy atom. The molecule has 138 valence electrons. The van der Waals surface area contributed by atoms with E-state index < -0.39 is 12.9 Å². The fraction of sp³-hybridized carbons (Fsp3) is 0.944. The minimum absolute atomic E-state index is 0.0248. The van der Waals surface area contributed by atoms with Crippen molar-refractivity contribution in [3.05, 3.63) is 0 Å². The first-order valence-electron chi connectivity index (χ1n) is 9.23. The van der Waals surface area contributed by atoms with Crippen molar-refractivity contribution in [3.63, 3.8) is 0 Å². The molecular weight excluding hydrogens is 296 g/mol. The molecule has 0 spiro atoms. The maximum atomic E-state index is 11.6. The Morgan fingerprint density at radius 3 is 1.87 bits per heavy atom. The van der Waals surface area contributed by atoms with Crippen molar-refractivity contribution >= 4 is 5.97 Å². The zero-order valence-electron chi connectivity index (χ0n) is 14.8. The van der Waals surface area contributed by atoms with Crippen molar-refractivity contribution in [1.82, 2.24) is 0 Å². The van der Waals surface area contributed by atoms with Gasteiger partial charge in [0.2, 0.25) is 0 Å². The van der Waals surface area contributed by atoms with Crippen molar-refractivity contribution in [2.75, 3.05) is 20.0 Å². The topological polar surface area (TPSA) is 76.0 Å². The molecule has 0 rings (SSSR count). The van der Waals surface area contributed by atoms with Crippen LogP contribution in [0.2, 0.25) is 0 Å². The Kier molecular flexibility index (Phi) is 17.2. The van der Waals surface area contributed by atoms with Crippen LogP contribution in [0.15, 0.2) is 0 Å². The molecule has 2 N–H and O–H groups in total. The second-order valence-corrected chi connectivity index (χ2v) is 6.08. The van der Waals surface area contributed by atoms with E-state index in [-0.39, 0.29) is 19.2 Å². The highest BCUT2D eigenvalue weighted by molar-refractivity contribution is 5.69. The molecule has 23 heavy (non-hydrogen) atoms. The number of hydrogen-bond acceptors (Lipinski definition) is 5. The molecule has 0 unspecified atom stereocenters. The van der Waals surface area contributed by atoms with Gasteiger partial charge >= 0.3 is 5.97 Å². The average molecular weight is 332 g/mol. The van der Waals surface area contributed by atoms with E-state index in [1.54, 1.807) is 0 Å². The first-order valence-corrected chi connectivity index (χ1v) is 9.23. The van der Waals surface area contributed by atoms with Crippen LogP contribution in [0.5, 0.6) is 0 Å². The largest absolute Gasteiger partial charge is 0.457 e. The van der Waals surface area contributed by atoms with Crippen LogP contribution in [0.3, 0.4) is 0 Å². The zero-order chi connectivity index (χ0) is 17.2. The smallest absolute Gasteiger partial charge is 0.306 e. The van der Waals surface area contributed by atoms with E-state index in [2.05, 4.69) is 6.92 Å². The molecule has 0 aliphatic rings. The third-order valence-electron chi connectivity index (χ3n) is 3.88. The van der Waals surface area contributed by atoms with Crippen molar-refractivity contribution in [3.8, 4) is 0 Å².